The zero-order valence-electron chi connectivity index (χ0n) is 64.2. The van der Waals surface area contributed by atoms with Gasteiger partial charge in [0.15, 0.2) is 11.6 Å². The molecule has 7 N–H and O–H groups in total. The van der Waals surface area contributed by atoms with Crippen molar-refractivity contribution in [2.75, 3.05) is 67.5 Å². The van der Waals surface area contributed by atoms with Crippen LogP contribution in [-0.4, -0.2) is 247 Å². The number of Topliss-reactive ketones (excluding diaryl/α,β-unsaturated/α-hetero) is 2. The molecule has 33 heteroatoms. The molecule has 15 rings (SSSR count). The molecule has 2 radical (unpaired) electrons. The Hall–Kier alpha value is -4.61. The van der Waals surface area contributed by atoms with Crippen LogP contribution in [0.1, 0.15) is 175 Å². The van der Waals surface area contributed by atoms with Crippen molar-refractivity contribution >= 4 is 153 Å². The number of amides is 3. The van der Waals surface area contributed by atoms with Crippen molar-refractivity contribution in [3.63, 3.8) is 0 Å². The van der Waals surface area contributed by atoms with Gasteiger partial charge in [0.25, 0.3) is 32.6 Å². The largest absolute Gasteiger partial charge is 0.478 e. The van der Waals surface area contributed by atoms with Crippen LogP contribution in [0, 0.1) is 0 Å². The van der Waals surface area contributed by atoms with Crippen molar-refractivity contribution in [3.8, 4) is 17.2 Å². The van der Waals surface area contributed by atoms with Crippen LogP contribution in [0.5, 0.6) is 17.2 Å². The molecule has 6 aromatic carbocycles. The van der Waals surface area contributed by atoms with E-state index >= 15 is 0 Å². The van der Waals surface area contributed by atoms with Gasteiger partial charge in [-0.25, -0.2) is 4.79 Å². The summed E-state index contributed by atoms with van der Waals surface area (Å²) < 4.78 is 32.4. The van der Waals surface area contributed by atoms with Gasteiger partial charge in [0.1, 0.15) is 17.2 Å². The van der Waals surface area contributed by atoms with Crippen LogP contribution in [0.25, 0.3) is 0 Å². The number of benzene rings is 6. The normalized spacial score (nSPS) is 22.8. The summed E-state index contributed by atoms with van der Waals surface area (Å²) in [7, 11) is 7.18. The van der Waals surface area contributed by atoms with Crippen LogP contribution in [-0.2, 0) is 62.7 Å². The van der Waals surface area contributed by atoms with Gasteiger partial charge in [-0.2, -0.15) is 0 Å². The Kier molecular flexibility index (Phi) is 38.4. The summed E-state index contributed by atoms with van der Waals surface area (Å²) in [4.78, 5) is 106. The number of carboxylic acid groups (broad SMARTS) is 1. The van der Waals surface area contributed by atoms with Crippen LogP contribution >= 0.6 is 90.3 Å². The molecular formula is C84H105B2I6N7O18. The van der Waals surface area contributed by atoms with Crippen molar-refractivity contribution in [2.45, 2.75) is 191 Å². The summed E-state index contributed by atoms with van der Waals surface area (Å²) in [5, 5.41) is 43.9. The topological polar surface area (TPSA) is 327 Å². The molecule has 632 valence electrons. The molecule has 0 aliphatic carbocycles. The van der Waals surface area contributed by atoms with Crippen molar-refractivity contribution in [1.29, 1.82) is 0 Å². The molecule has 25 nitrogen and oxygen atoms in total. The van der Waals surface area contributed by atoms with E-state index in [1.807, 2.05) is 78.9 Å². The maximum absolute atomic E-state index is 13.1. The smallest absolute Gasteiger partial charge is 0.335 e. The fourth-order valence-corrected chi connectivity index (χ4v) is 16.7. The minimum Gasteiger partial charge on any atom is -0.478 e. The zero-order chi connectivity index (χ0) is 82.0. The van der Waals surface area contributed by atoms with E-state index in [1.54, 1.807) is 82.0 Å². The number of ether oxygens (including phenoxy) is 6. The number of fused-ring (bicyclic) bond motifs is 9. The maximum atomic E-state index is 13.1. The fourth-order valence-electron chi connectivity index (χ4n) is 16.7. The van der Waals surface area contributed by atoms with Gasteiger partial charge in [-0.3, -0.25) is 24.0 Å². The van der Waals surface area contributed by atoms with E-state index in [-0.39, 0.29) is 146 Å². The van der Waals surface area contributed by atoms with Crippen molar-refractivity contribution in [2.24, 2.45) is 5.73 Å². The molecular weight excluding hydrogens is 2180 g/mol. The Morgan fingerprint density at radius 2 is 0.786 bits per heavy atom. The minimum atomic E-state index is -0.981. The first-order valence-corrected chi connectivity index (χ1v) is 69.9. The average Bonchev–Trinajstić information content (AvgIpc) is 1.79. The number of rotatable bonds is 24. The minimum absolute atomic E-state index is 0. The number of nitrogens with zero attached hydrogens (tertiary/aromatic N) is 5. The van der Waals surface area contributed by atoms with E-state index in [4.69, 9.17) is 39.3 Å². The summed E-state index contributed by atoms with van der Waals surface area (Å²) >= 11 is 10.5. The van der Waals surface area contributed by atoms with Crippen molar-refractivity contribution in [3.05, 3.63) is 194 Å². The zero-order valence-corrected chi connectivity index (χ0v) is 77.2. The second kappa shape index (κ2) is 46.8. The van der Waals surface area contributed by atoms with Crippen LogP contribution < -0.4 is 25.3 Å². The number of aliphatic hydroxyl groups is 3. The molecule has 12 atom stereocenters. The standard InChI is InChI=1S/C28H32BN2O6.C27H32N2O5.C14H15NO4.C13H18BN2O3.2CH4.I6/c1-36-24-9-6-20-13-25(30(29-17-32)14-21(20)12-24)27(34)11-10-26(33)18-2-4-19(5-3-18)28(35)31-22-7-8-23(31)16-37-15-22;1-33-23-9-6-19-13-24(28-14-20(19)12-23)26(31)11-10-25(30)17-2-4-18(5-3-17)27(32)29-21-7-8-22(29)16-34-15-21;16-13(9-1-3-10(4-2-9)14(17)18)15-11-5-6-12(15)8-19-7-11;1-19-11-3-2-9-5-12(13(18)6-15)16(14-8-17)7-10(9)4-11;;;1-5(2)6(3)4/h2-6,9,12,17,22-23,25,27,34H,7-8,10-11,13-16H2,1H3;2-6,9,12,21-22,24,26,28,31H,7-8,10-11,13-16H2,1H3;1-4,11-12H,5-8H2,(H,17,18);2-4,8,12-13,18H,5-7,15H2,1H3;2*1H4;/t22?,23?,25-,27+;21?,22?,24-,26+;;12-,13+;;;/m00.0.../s1. The number of carboxylic acids is 1. The van der Waals surface area contributed by atoms with Crippen LogP contribution in [0.15, 0.2) is 127 Å². The summed E-state index contributed by atoms with van der Waals surface area (Å²) in [5.74, 6) is 1.27. The number of ketones is 2. The Balaban J connectivity index is 0.000000179. The van der Waals surface area contributed by atoms with Crippen LogP contribution in [0.3, 0.4) is 0 Å². The second-order valence-corrected chi connectivity index (χ2v) is 127. The third-order valence-corrected chi connectivity index (χ3v) is 188. The SMILES string of the molecule is C.C.COc1ccc2c(c1)CN([B]C=O)[C@H]([C@H](O)CCC(=O)c1ccc(C(=O)N3C4CCC3COC4)cc1)C2.COc1ccc2c(c1)CN([B]C=O)[C@H]([C@H](O)CN)C2.COc1ccc2c(c1)CN[C@H]([C@H](O)CCC(=O)c1ccc(C(=O)N3C4CCC3COC4)cc1)C2.II(I)I(I)I.O=C(O)c1ccc(C(=O)N2C3CCC2COC3)cc1. The van der Waals surface area contributed by atoms with E-state index in [9.17, 15) is 53.7 Å². The molecule has 6 fully saturated rings. The molecule has 0 saturated carbocycles. The van der Waals surface area contributed by atoms with Crippen molar-refractivity contribution in [1.82, 2.24) is 29.6 Å². The maximum Gasteiger partial charge on any atom is 0.335 e. The summed E-state index contributed by atoms with van der Waals surface area (Å²) in [6.07, 6.45) is 8.36. The van der Waals surface area contributed by atoms with E-state index < -0.39 is 24.3 Å². The number of nitrogens with one attached hydrogen (secondary N) is 1. The number of halogens is 6. The third-order valence-electron chi connectivity index (χ3n) is 22.9. The molecule has 6 saturated heterocycles. The number of carbonyl (C=O) groups is 8. The predicted molar refractivity (Wildman–Crippen MR) is 504 cm³/mol. The molecule has 6 aromatic rings. The van der Waals surface area contributed by atoms with Gasteiger partial charge in [-0.15, -0.1) is 0 Å². The van der Waals surface area contributed by atoms with Gasteiger partial charge < -0.3 is 93.8 Å². The third kappa shape index (κ3) is 25.1. The number of aliphatic hydroxyl groups excluding tert-OH is 3. The Morgan fingerprint density at radius 1 is 0.470 bits per heavy atom. The molecule has 3 amide bonds. The number of hydrogen-bond acceptors (Lipinski definition) is 21. The van der Waals surface area contributed by atoms with Gasteiger partial charge in [0.2, 0.25) is 0 Å². The molecule has 0 spiro atoms. The van der Waals surface area contributed by atoms with Crippen LogP contribution in [0.4, 0.5) is 0 Å². The Labute approximate surface area is 736 Å². The first kappa shape index (κ1) is 96.2. The summed E-state index contributed by atoms with van der Waals surface area (Å²) in [6, 6.07) is 38.0. The number of morpholine rings is 3. The van der Waals surface area contributed by atoms with Crippen LogP contribution in [0.2, 0.25) is 0 Å². The van der Waals surface area contributed by atoms with Crippen molar-refractivity contribution < 1.29 is 87.2 Å². The van der Waals surface area contributed by atoms with E-state index in [0.29, 0.717) is 106 Å². The Morgan fingerprint density at radius 3 is 1.11 bits per heavy atom. The van der Waals surface area contributed by atoms with Gasteiger partial charge in [-0.1, -0.05) is 57.3 Å². The number of nitrogens with two attached hydrogens (primary N) is 1. The number of aromatic carboxylic acids is 1. The molecule has 9 aliphatic rings. The second-order valence-electron chi connectivity index (χ2n) is 29.7. The molecule has 117 heavy (non-hydrogen) atoms. The van der Waals surface area contributed by atoms with Gasteiger partial charge >= 0.3 is 96.2 Å². The van der Waals surface area contributed by atoms with Gasteiger partial charge in [0.05, 0.1) is 133 Å². The quantitative estimate of drug-likeness (QED) is 0.0142. The van der Waals surface area contributed by atoms with Gasteiger partial charge in [-0.05, 0) is 189 Å². The van der Waals surface area contributed by atoms with E-state index in [0.717, 1.165) is 96.8 Å². The number of carbonyl (C=O) groups excluding carboxylic acids is 7. The first-order chi connectivity index (χ1) is 55.5. The van der Waals surface area contributed by atoms with Gasteiger partial charge in [0, 0.05) is 85.0 Å². The predicted octanol–water partition coefficient (Wildman–Crippen LogP) is 12.5. The van der Waals surface area contributed by atoms with E-state index in [2.05, 4.69) is 79.8 Å². The summed E-state index contributed by atoms with van der Waals surface area (Å²) in [5.41, 5.74) is 15.3. The molecule has 6 unspecified atom stereocenters. The monoisotopic (exact) mass is 2280 g/mol. The number of hydrogen-bond donors (Lipinski definition) is 6. The average molecular weight is 2280 g/mol. The summed E-state index contributed by atoms with van der Waals surface area (Å²) in [6.45, 7) is 5.52. The molecule has 6 bridgehead atoms. The number of methoxy groups -OCH3 is 3. The fraction of sp³-hybridized carbons (Fsp3) is 0.476. The molecule has 9 aliphatic heterocycles. The van der Waals surface area contributed by atoms with E-state index in [1.165, 1.54) is 38.1 Å². The molecule has 9 heterocycles. The molecule has 0 aromatic heterocycles. The Bertz CT molecular complexity index is 4290. The first-order valence-electron chi connectivity index (χ1n) is 38.4.